The van der Waals surface area contributed by atoms with Crippen molar-refractivity contribution in [1.29, 1.82) is 0 Å². The minimum Gasteiger partial charge on any atom is -0.282 e. The fraction of sp³-hybridized carbons (Fsp3) is 0.750. The molecule has 0 bridgehead atoms. The van der Waals surface area contributed by atoms with Crippen LogP contribution in [0, 0.1) is 0 Å². The SMILES string of the molecule is Cn1nc(C2CCC2)n(C)c1=O. The van der Waals surface area contributed by atoms with Crippen molar-refractivity contribution in [3.63, 3.8) is 0 Å². The van der Waals surface area contributed by atoms with Gasteiger partial charge in [-0.3, -0.25) is 4.57 Å². The zero-order valence-corrected chi connectivity index (χ0v) is 7.45. The highest BCUT2D eigenvalue weighted by atomic mass is 16.2. The van der Waals surface area contributed by atoms with Gasteiger partial charge < -0.3 is 0 Å². The van der Waals surface area contributed by atoms with E-state index in [1.807, 2.05) is 0 Å². The molecule has 0 aromatic carbocycles. The van der Waals surface area contributed by atoms with E-state index in [4.69, 9.17) is 0 Å². The number of aryl methyl sites for hydroxylation is 1. The first kappa shape index (κ1) is 7.58. The van der Waals surface area contributed by atoms with Gasteiger partial charge in [0.1, 0.15) is 5.82 Å². The Morgan fingerprint density at radius 2 is 2.08 bits per heavy atom. The van der Waals surface area contributed by atoms with E-state index in [1.54, 1.807) is 18.7 Å². The van der Waals surface area contributed by atoms with Crippen LogP contribution in [0.3, 0.4) is 0 Å². The molecule has 4 heteroatoms. The van der Waals surface area contributed by atoms with Gasteiger partial charge in [-0.15, -0.1) is 0 Å². The van der Waals surface area contributed by atoms with E-state index < -0.39 is 0 Å². The minimum absolute atomic E-state index is 0.0168. The summed E-state index contributed by atoms with van der Waals surface area (Å²) < 4.78 is 3.07. The highest BCUT2D eigenvalue weighted by molar-refractivity contribution is 5.00. The normalized spacial score (nSPS) is 17.8. The first-order valence-corrected chi connectivity index (χ1v) is 4.30. The summed E-state index contributed by atoms with van der Waals surface area (Å²) in [5.41, 5.74) is -0.0168. The second-order valence-electron chi connectivity index (χ2n) is 3.45. The first-order chi connectivity index (χ1) is 5.70. The smallest absolute Gasteiger partial charge is 0.282 e. The maximum atomic E-state index is 11.3. The Morgan fingerprint density at radius 3 is 2.42 bits per heavy atom. The lowest BCUT2D eigenvalue weighted by atomic mass is 9.85. The molecule has 0 saturated heterocycles. The fourth-order valence-electron chi connectivity index (χ4n) is 1.60. The highest BCUT2D eigenvalue weighted by Crippen LogP contribution is 2.34. The molecule has 0 unspecified atom stereocenters. The first-order valence-electron chi connectivity index (χ1n) is 4.30. The van der Waals surface area contributed by atoms with Crippen molar-refractivity contribution in [2.75, 3.05) is 0 Å². The highest BCUT2D eigenvalue weighted by Gasteiger charge is 2.24. The van der Waals surface area contributed by atoms with Gasteiger partial charge in [0.15, 0.2) is 0 Å². The zero-order chi connectivity index (χ0) is 8.72. The molecule has 12 heavy (non-hydrogen) atoms. The molecule has 0 aliphatic heterocycles. The summed E-state index contributed by atoms with van der Waals surface area (Å²) in [4.78, 5) is 11.3. The van der Waals surface area contributed by atoms with Crippen LogP contribution in [-0.2, 0) is 14.1 Å². The lowest BCUT2D eigenvalue weighted by Gasteiger charge is -2.23. The van der Waals surface area contributed by atoms with E-state index in [1.165, 1.54) is 23.9 Å². The largest absolute Gasteiger partial charge is 0.345 e. The molecule has 0 amide bonds. The van der Waals surface area contributed by atoms with Crippen molar-refractivity contribution < 1.29 is 0 Å². The average Bonchev–Trinajstić information content (AvgIpc) is 2.15. The molecular formula is C8H13N3O. The Balaban J connectivity index is 2.43. The molecule has 4 nitrogen and oxygen atoms in total. The van der Waals surface area contributed by atoms with Gasteiger partial charge in [-0.2, -0.15) is 5.10 Å². The third-order valence-electron chi connectivity index (χ3n) is 2.63. The van der Waals surface area contributed by atoms with Crippen LogP contribution in [0.5, 0.6) is 0 Å². The topological polar surface area (TPSA) is 39.8 Å². The van der Waals surface area contributed by atoms with E-state index in [0.717, 1.165) is 5.82 Å². The minimum atomic E-state index is -0.0168. The Hall–Kier alpha value is -1.06. The van der Waals surface area contributed by atoms with Crippen LogP contribution in [0.25, 0.3) is 0 Å². The van der Waals surface area contributed by atoms with Gasteiger partial charge in [-0.1, -0.05) is 6.42 Å². The molecule has 0 atom stereocenters. The molecule has 1 heterocycles. The maximum absolute atomic E-state index is 11.3. The zero-order valence-electron chi connectivity index (χ0n) is 7.45. The van der Waals surface area contributed by atoms with E-state index in [2.05, 4.69) is 5.10 Å². The van der Waals surface area contributed by atoms with Crippen molar-refractivity contribution in [2.45, 2.75) is 25.2 Å². The summed E-state index contributed by atoms with van der Waals surface area (Å²) in [5.74, 6) is 1.48. The summed E-state index contributed by atoms with van der Waals surface area (Å²) in [6, 6.07) is 0. The van der Waals surface area contributed by atoms with Crippen molar-refractivity contribution in [3.8, 4) is 0 Å². The number of hydrogen-bond acceptors (Lipinski definition) is 2. The van der Waals surface area contributed by atoms with Gasteiger partial charge >= 0.3 is 5.69 Å². The second-order valence-corrected chi connectivity index (χ2v) is 3.45. The lowest BCUT2D eigenvalue weighted by molar-refractivity contribution is 0.390. The van der Waals surface area contributed by atoms with Crippen molar-refractivity contribution in [2.24, 2.45) is 14.1 Å². The Kier molecular flexibility index (Phi) is 1.56. The van der Waals surface area contributed by atoms with Gasteiger partial charge in [0, 0.05) is 20.0 Å². The van der Waals surface area contributed by atoms with Crippen molar-refractivity contribution >= 4 is 0 Å². The number of aromatic nitrogens is 3. The summed E-state index contributed by atoms with van der Waals surface area (Å²) in [5, 5.41) is 4.20. The Morgan fingerprint density at radius 1 is 1.42 bits per heavy atom. The molecule has 66 valence electrons. The van der Waals surface area contributed by atoms with Crippen LogP contribution < -0.4 is 5.69 Å². The van der Waals surface area contributed by atoms with Crippen LogP contribution >= 0.6 is 0 Å². The summed E-state index contributed by atoms with van der Waals surface area (Å²) in [7, 11) is 3.49. The van der Waals surface area contributed by atoms with Crippen LogP contribution in [0.1, 0.15) is 31.0 Å². The molecule has 1 aliphatic carbocycles. The number of rotatable bonds is 1. The van der Waals surface area contributed by atoms with Crippen LogP contribution in [-0.4, -0.2) is 14.3 Å². The third-order valence-corrected chi connectivity index (χ3v) is 2.63. The molecule has 2 rings (SSSR count). The average molecular weight is 167 g/mol. The molecule has 0 N–H and O–H groups in total. The van der Waals surface area contributed by atoms with Gasteiger partial charge in [0.25, 0.3) is 0 Å². The quantitative estimate of drug-likeness (QED) is 0.607. The van der Waals surface area contributed by atoms with Crippen LogP contribution in [0.2, 0.25) is 0 Å². The maximum Gasteiger partial charge on any atom is 0.345 e. The van der Waals surface area contributed by atoms with Crippen molar-refractivity contribution in [1.82, 2.24) is 14.3 Å². The molecule has 1 aliphatic rings. The summed E-state index contributed by atoms with van der Waals surface area (Å²) in [6.45, 7) is 0. The monoisotopic (exact) mass is 167 g/mol. The van der Waals surface area contributed by atoms with E-state index in [9.17, 15) is 4.79 Å². The predicted octanol–water partition coefficient (Wildman–Crippen LogP) is 0.386. The molecule has 0 spiro atoms. The van der Waals surface area contributed by atoms with Gasteiger partial charge in [0.05, 0.1) is 0 Å². The summed E-state index contributed by atoms with van der Waals surface area (Å²) >= 11 is 0. The Bertz CT molecular complexity index is 346. The molecular weight excluding hydrogens is 154 g/mol. The van der Waals surface area contributed by atoms with Gasteiger partial charge in [0.2, 0.25) is 0 Å². The molecule has 0 radical (unpaired) electrons. The van der Waals surface area contributed by atoms with E-state index in [-0.39, 0.29) is 5.69 Å². The van der Waals surface area contributed by atoms with Gasteiger partial charge in [-0.25, -0.2) is 9.48 Å². The molecule has 1 fully saturated rings. The van der Waals surface area contributed by atoms with E-state index >= 15 is 0 Å². The second kappa shape index (κ2) is 2.47. The summed E-state index contributed by atoms with van der Waals surface area (Å²) in [6.07, 6.45) is 3.64. The van der Waals surface area contributed by atoms with Gasteiger partial charge in [-0.05, 0) is 12.8 Å². The molecule has 1 saturated carbocycles. The van der Waals surface area contributed by atoms with E-state index in [0.29, 0.717) is 5.92 Å². The predicted molar refractivity (Wildman–Crippen MR) is 45.0 cm³/mol. The number of hydrogen-bond donors (Lipinski definition) is 0. The van der Waals surface area contributed by atoms with Crippen LogP contribution in [0.15, 0.2) is 4.79 Å². The van der Waals surface area contributed by atoms with Crippen molar-refractivity contribution in [3.05, 3.63) is 16.3 Å². The molecule has 1 aromatic heterocycles. The standard InChI is InChI=1S/C8H13N3O/c1-10-7(6-4-3-5-6)9-11(2)8(10)12/h6H,3-5H2,1-2H3. The molecule has 1 aromatic rings. The third kappa shape index (κ3) is 0.906. The lowest BCUT2D eigenvalue weighted by Crippen LogP contribution is -2.22. The Labute approximate surface area is 70.8 Å². The number of nitrogens with zero attached hydrogens (tertiary/aromatic N) is 3. The van der Waals surface area contributed by atoms with Crippen LogP contribution in [0.4, 0.5) is 0 Å². The fourth-order valence-corrected chi connectivity index (χ4v) is 1.60.